The predicted molar refractivity (Wildman–Crippen MR) is 83.6 cm³/mol. The van der Waals surface area contributed by atoms with Crippen LogP contribution in [0.2, 0.25) is 0 Å². The first kappa shape index (κ1) is 16.9. The third-order valence-electron chi connectivity index (χ3n) is 3.11. The zero-order valence-corrected chi connectivity index (χ0v) is 12.4. The summed E-state index contributed by atoms with van der Waals surface area (Å²) in [4.78, 5) is 33.5. The summed E-state index contributed by atoms with van der Waals surface area (Å²) in [5.74, 6) is -1.99. The topological polar surface area (TPSA) is 119 Å². The highest BCUT2D eigenvalue weighted by Crippen LogP contribution is 2.25. The third-order valence-corrected chi connectivity index (χ3v) is 3.11. The lowest BCUT2D eigenvalue weighted by molar-refractivity contribution is -0.385. The molecule has 2 rings (SSSR count). The van der Waals surface area contributed by atoms with Crippen LogP contribution in [0.25, 0.3) is 0 Å². The highest BCUT2D eigenvalue weighted by Gasteiger charge is 2.22. The van der Waals surface area contributed by atoms with Gasteiger partial charge >= 0.3 is 11.7 Å². The van der Waals surface area contributed by atoms with Crippen LogP contribution in [0, 0.1) is 10.1 Å². The second kappa shape index (κ2) is 7.73. The number of aliphatic carboxylic acids is 1. The number of nitro benzene ring substituents is 1. The Labute approximate surface area is 136 Å². The molecule has 0 saturated heterocycles. The number of amides is 1. The van der Waals surface area contributed by atoms with Gasteiger partial charge in [0.05, 0.1) is 4.92 Å². The molecule has 0 spiro atoms. The maximum atomic E-state index is 11.9. The molecule has 24 heavy (non-hydrogen) atoms. The number of carboxylic acids is 1. The van der Waals surface area contributed by atoms with Gasteiger partial charge in [-0.25, -0.2) is 4.79 Å². The summed E-state index contributed by atoms with van der Waals surface area (Å²) in [6.07, 6.45) is 0. The molecule has 0 aliphatic rings. The minimum Gasteiger partial charge on any atom is -0.479 e. The molecular formula is C16H14N2O6. The highest BCUT2D eigenvalue weighted by molar-refractivity contribution is 5.85. The van der Waals surface area contributed by atoms with Gasteiger partial charge < -0.3 is 15.2 Å². The van der Waals surface area contributed by atoms with E-state index in [1.807, 2.05) is 0 Å². The molecule has 1 amide bonds. The van der Waals surface area contributed by atoms with Crippen molar-refractivity contribution in [1.29, 1.82) is 0 Å². The molecule has 8 nitrogen and oxygen atoms in total. The molecule has 0 aliphatic heterocycles. The van der Waals surface area contributed by atoms with Crippen molar-refractivity contribution in [2.45, 2.75) is 6.04 Å². The number of nitrogens with zero attached hydrogens (tertiary/aromatic N) is 1. The van der Waals surface area contributed by atoms with Gasteiger partial charge in [-0.05, 0) is 11.6 Å². The molecule has 0 unspecified atom stereocenters. The standard InChI is InChI=1S/C16H14N2O6/c19-14(10-24-13-9-5-4-8-12(13)18(22)23)17-15(16(20)21)11-6-2-1-3-7-11/h1-9,15H,10H2,(H,17,19)(H,20,21)/t15-/m1/s1. The lowest BCUT2D eigenvalue weighted by Crippen LogP contribution is -2.36. The van der Waals surface area contributed by atoms with Crippen molar-refractivity contribution >= 4 is 17.6 Å². The fourth-order valence-electron chi connectivity index (χ4n) is 2.01. The SMILES string of the molecule is O=C(COc1ccccc1[N+](=O)[O-])N[C@@H](C(=O)O)c1ccccc1. The van der Waals surface area contributed by atoms with Crippen LogP contribution in [0.15, 0.2) is 54.6 Å². The van der Waals surface area contributed by atoms with E-state index in [0.29, 0.717) is 5.56 Å². The van der Waals surface area contributed by atoms with Gasteiger partial charge in [0, 0.05) is 6.07 Å². The molecule has 0 bridgehead atoms. The molecule has 0 heterocycles. The van der Waals surface area contributed by atoms with Crippen molar-refractivity contribution in [2.24, 2.45) is 0 Å². The van der Waals surface area contributed by atoms with Crippen LogP contribution >= 0.6 is 0 Å². The Hall–Kier alpha value is -3.42. The van der Waals surface area contributed by atoms with Crippen LogP contribution in [-0.4, -0.2) is 28.5 Å². The van der Waals surface area contributed by atoms with Crippen molar-refractivity contribution in [3.05, 3.63) is 70.3 Å². The van der Waals surface area contributed by atoms with Crippen LogP contribution in [-0.2, 0) is 9.59 Å². The number of carbonyl (C=O) groups is 2. The van der Waals surface area contributed by atoms with Crippen LogP contribution in [0.3, 0.4) is 0 Å². The van der Waals surface area contributed by atoms with Crippen LogP contribution in [0.5, 0.6) is 5.75 Å². The minimum atomic E-state index is -1.23. The number of rotatable bonds is 7. The summed E-state index contributed by atoms with van der Waals surface area (Å²) in [6, 6.07) is 12.6. The Morgan fingerprint density at radius 3 is 2.38 bits per heavy atom. The summed E-state index contributed by atoms with van der Waals surface area (Å²) in [5, 5.41) is 22.4. The van der Waals surface area contributed by atoms with E-state index in [2.05, 4.69) is 5.32 Å². The van der Waals surface area contributed by atoms with Crippen molar-refractivity contribution in [2.75, 3.05) is 6.61 Å². The van der Waals surface area contributed by atoms with E-state index in [4.69, 9.17) is 4.74 Å². The number of ether oxygens (including phenoxy) is 1. The average molecular weight is 330 g/mol. The van der Waals surface area contributed by atoms with E-state index in [1.165, 1.54) is 24.3 Å². The highest BCUT2D eigenvalue weighted by atomic mass is 16.6. The van der Waals surface area contributed by atoms with E-state index in [1.54, 1.807) is 30.3 Å². The fourth-order valence-corrected chi connectivity index (χ4v) is 2.01. The fraction of sp³-hybridized carbons (Fsp3) is 0.125. The quantitative estimate of drug-likeness (QED) is 0.591. The van der Waals surface area contributed by atoms with Crippen molar-refractivity contribution in [1.82, 2.24) is 5.32 Å². The van der Waals surface area contributed by atoms with E-state index < -0.39 is 29.4 Å². The Balaban J connectivity index is 2.02. The molecule has 2 N–H and O–H groups in total. The Kier molecular flexibility index (Phi) is 5.45. The summed E-state index contributed by atoms with van der Waals surface area (Å²) in [5.41, 5.74) is 0.132. The number of hydrogen-bond acceptors (Lipinski definition) is 5. The lowest BCUT2D eigenvalue weighted by Gasteiger charge is -2.15. The number of carbonyl (C=O) groups excluding carboxylic acids is 1. The molecular weight excluding hydrogens is 316 g/mol. The largest absolute Gasteiger partial charge is 0.479 e. The summed E-state index contributed by atoms with van der Waals surface area (Å²) >= 11 is 0. The van der Waals surface area contributed by atoms with Gasteiger partial charge in [0.15, 0.2) is 18.4 Å². The number of carboxylic acid groups (broad SMARTS) is 1. The molecule has 1 atom stereocenters. The Bertz CT molecular complexity index is 747. The van der Waals surface area contributed by atoms with Crippen LogP contribution in [0.4, 0.5) is 5.69 Å². The first-order valence-corrected chi connectivity index (χ1v) is 6.92. The van der Waals surface area contributed by atoms with E-state index in [0.717, 1.165) is 0 Å². The Morgan fingerprint density at radius 1 is 1.12 bits per heavy atom. The first-order valence-electron chi connectivity index (χ1n) is 6.92. The molecule has 0 aromatic heterocycles. The normalized spacial score (nSPS) is 11.3. The number of benzene rings is 2. The summed E-state index contributed by atoms with van der Waals surface area (Å²) in [6.45, 7) is -0.540. The van der Waals surface area contributed by atoms with Gasteiger partial charge in [0.1, 0.15) is 0 Å². The number of hydrogen-bond donors (Lipinski definition) is 2. The molecule has 0 saturated carbocycles. The maximum Gasteiger partial charge on any atom is 0.330 e. The third kappa shape index (κ3) is 4.29. The zero-order valence-electron chi connectivity index (χ0n) is 12.4. The molecule has 2 aromatic carbocycles. The molecule has 0 aliphatic carbocycles. The van der Waals surface area contributed by atoms with Gasteiger partial charge in [0.2, 0.25) is 0 Å². The first-order chi connectivity index (χ1) is 11.5. The average Bonchev–Trinajstić information content (AvgIpc) is 2.58. The predicted octanol–water partition coefficient (Wildman–Crippen LogP) is 1.92. The van der Waals surface area contributed by atoms with Crippen molar-refractivity contribution in [3.8, 4) is 5.75 Å². The number of nitro groups is 1. The van der Waals surface area contributed by atoms with Gasteiger partial charge in [-0.15, -0.1) is 0 Å². The zero-order chi connectivity index (χ0) is 17.5. The summed E-state index contributed by atoms with van der Waals surface area (Å²) < 4.78 is 5.13. The van der Waals surface area contributed by atoms with Gasteiger partial charge in [-0.3, -0.25) is 14.9 Å². The smallest absolute Gasteiger partial charge is 0.330 e. The van der Waals surface area contributed by atoms with Crippen LogP contribution in [0.1, 0.15) is 11.6 Å². The molecule has 2 aromatic rings. The summed E-state index contributed by atoms with van der Waals surface area (Å²) in [7, 11) is 0. The molecule has 8 heteroatoms. The van der Waals surface area contributed by atoms with Gasteiger partial charge in [-0.1, -0.05) is 42.5 Å². The Morgan fingerprint density at radius 2 is 1.75 bits per heavy atom. The number of nitrogens with one attached hydrogen (secondary N) is 1. The number of para-hydroxylation sites is 2. The van der Waals surface area contributed by atoms with Crippen molar-refractivity contribution < 1.29 is 24.4 Å². The molecule has 124 valence electrons. The van der Waals surface area contributed by atoms with Crippen LogP contribution < -0.4 is 10.1 Å². The minimum absolute atomic E-state index is 0.0655. The van der Waals surface area contributed by atoms with E-state index in [-0.39, 0.29) is 11.4 Å². The van der Waals surface area contributed by atoms with E-state index in [9.17, 15) is 24.8 Å². The van der Waals surface area contributed by atoms with Crippen molar-refractivity contribution in [3.63, 3.8) is 0 Å². The molecule has 0 fully saturated rings. The second-order valence-corrected chi connectivity index (χ2v) is 4.76. The van der Waals surface area contributed by atoms with E-state index >= 15 is 0 Å². The molecule has 0 radical (unpaired) electrons. The van der Waals surface area contributed by atoms with Gasteiger partial charge in [0.25, 0.3) is 5.91 Å². The second-order valence-electron chi connectivity index (χ2n) is 4.76. The monoisotopic (exact) mass is 330 g/mol. The van der Waals surface area contributed by atoms with Gasteiger partial charge in [-0.2, -0.15) is 0 Å². The maximum absolute atomic E-state index is 11.9. The lowest BCUT2D eigenvalue weighted by atomic mass is 10.1.